The number of hydrogen-bond donors (Lipinski definition) is 2. The lowest BCUT2D eigenvalue weighted by molar-refractivity contribution is 0.221. The molecule has 0 aromatic carbocycles. The molecule has 0 spiro atoms. The molecule has 0 unspecified atom stereocenters. The predicted octanol–water partition coefficient (Wildman–Crippen LogP) is 2.92. The topological polar surface area (TPSA) is 89.1 Å². The van der Waals surface area contributed by atoms with Crippen LogP contribution in [0.1, 0.15) is 50.6 Å². The van der Waals surface area contributed by atoms with Gasteiger partial charge in [-0.1, -0.05) is 6.58 Å². The third-order valence-electron chi connectivity index (χ3n) is 7.26. The normalized spacial score (nSPS) is 17.7. The minimum absolute atomic E-state index is 0.0412. The van der Waals surface area contributed by atoms with E-state index in [-0.39, 0.29) is 29.4 Å². The van der Waals surface area contributed by atoms with Crippen molar-refractivity contribution in [3.05, 3.63) is 57.1 Å². The quantitative estimate of drug-likeness (QED) is 0.391. The third kappa shape index (κ3) is 5.20. The molecule has 194 valence electrons. The molecule has 1 aliphatic carbocycles. The SMILES string of the molecule is C=C(CCNC)N1CCC(n2c(=O)n(Cc3cnn(C)c3)c(=O)c3cc(SNC4(C)CC4)sc32)CC1. The molecule has 0 radical (unpaired) electrons. The fraction of sp³-hybridized carbons (Fsp3) is 0.560. The van der Waals surface area contributed by atoms with E-state index >= 15 is 0 Å². The van der Waals surface area contributed by atoms with Crippen LogP contribution < -0.4 is 21.3 Å². The Balaban J connectivity index is 1.49. The molecule has 2 fully saturated rings. The molecule has 3 aromatic heterocycles. The number of thiophene rings is 1. The number of nitrogens with zero attached hydrogens (tertiary/aromatic N) is 5. The number of hydrogen-bond acceptors (Lipinski definition) is 8. The van der Waals surface area contributed by atoms with Gasteiger partial charge in [-0.3, -0.25) is 23.3 Å². The van der Waals surface area contributed by atoms with Crippen LogP contribution in [-0.2, 0) is 13.6 Å². The van der Waals surface area contributed by atoms with Gasteiger partial charge in [0, 0.05) is 55.7 Å². The van der Waals surface area contributed by atoms with Gasteiger partial charge in [0.15, 0.2) is 0 Å². The molecule has 0 atom stereocenters. The average Bonchev–Trinajstić information content (AvgIpc) is 3.24. The van der Waals surface area contributed by atoms with E-state index in [4.69, 9.17) is 0 Å². The fourth-order valence-corrected chi connectivity index (χ4v) is 6.92. The fourth-order valence-electron chi connectivity index (χ4n) is 4.72. The minimum atomic E-state index is -0.232. The van der Waals surface area contributed by atoms with Crippen molar-refractivity contribution in [1.29, 1.82) is 0 Å². The van der Waals surface area contributed by atoms with Crippen LogP contribution in [0.3, 0.4) is 0 Å². The molecular formula is C25H35N7O2S2. The van der Waals surface area contributed by atoms with Crippen molar-refractivity contribution in [2.45, 2.75) is 61.4 Å². The first-order valence-electron chi connectivity index (χ1n) is 12.6. The Labute approximate surface area is 219 Å². The number of fused-ring (bicyclic) bond motifs is 1. The Morgan fingerprint density at radius 1 is 1.31 bits per heavy atom. The van der Waals surface area contributed by atoms with E-state index in [0.717, 1.165) is 72.0 Å². The van der Waals surface area contributed by atoms with Crippen molar-refractivity contribution in [2.24, 2.45) is 7.05 Å². The molecule has 9 nitrogen and oxygen atoms in total. The van der Waals surface area contributed by atoms with Gasteiger partial charge in [0.1, 0.15) is 4.83 Å². The van der Waals surface area contributed by atoms with E-state index in [1.807, 2.05) is 30.9 Å². The first-order chi connectivity index (χ1) is 17.3. The summed E-state index contributed by atoms with van der Waals surface area (Å²) in [6.45, 7) is 9.31. The lowest BCUT2D eigenvalue weighted by atomic mass is 10.0. The predicted molar refractivity (Wildman–Crippen MR) is 147 cm³/mol. The van der Waals surface area contributed by atoms with E-state index in [1.54, 1.807) is 34.2 Å². The van der Waals surface area contributed by atoms with Gasteiger partial charge in [0.05, 0.1) is 22.3 Å². The maximum atomic E-state index is 13.9. The van der Waals surface area contributed by atoms with Gasteiger partial charge in [-0.15, -0.1) is 11.3 Å². The monoisotopic (exact) mass is 529 g/mol. The lowest BCUT2D eigenvalue weighted by Gasteiger charge is -2.35. The van der Waals surface area contributed by atoms with Crippen LogP contribution in [0, 0.1) is 0 Å². The minimum Gasteiger partial charge on any atom is -0.375 e. The van der Waals surface area contributed by atoms with Crippen molar-refractivity contribution in [1.82, 2.24) is 33.9 Å². The second-order valence-corrected chi connectivity index (χ2v) is 12.4. The highest BCUT2D eigenvalue weighted by Gasteiger charge is 2.37. The summed E-state index contributed by atoms with van der Waals surface area (Å²) < 4.78 is 9.52. The van der Waals surface area contributed by atoms with Crippen molar-refractivity contribution in [3.63, 3.8) is 0 Å². The molecule has 3 aromatic rings. The van der Waals surface area contributed by atoms with Gasteiger partial charge in [-0.05, 0) is 64.1 Å². The summed E-state index contributed by atoms with van der Waals surface area (Å²) in [5.74, 6) is 0. The average molecular weight is 530 g/mol. The molecule has 2 aliphatic rings. The van der Waals surface area contributed by atoms with Gasteiger partial charge in [-0.2, -0.15) is 5.10 Å². The Hall–Kier alpha value is -2.34. The second-order valence-electron chi connectivity index (χ2n) is 10.3. The Morgan fingerprint density at radius 3 is 2.69 bits per heavy atom. The molecule has 2 N–H and O–H groups in total. The Bertz CT molecular complexity index is 1370. The first kappa shape index (κ1) is 25.3. The van der Waals surface area contributed by atoms with Crippen molar-refractivity contribution < 1.29 is 0 Å². The van der Waals surface area contributed by atoms with E-state index in [1.165, 1.54) is 4.57 Å². The highest BCUT2D eigenvalue weighted by Crippen LogP contribution is 2.40. The molecule has 4 heterocycles. The molecule has 5 rings (SSSR count). The zero-order chi connectivity index (χ0) is 25.4. The Kier molecular flexibility index (Phi) is 7.17. The van der Waals surface area contributed by atoms with Crippen LogP contribution in [0.2, 0.25) is 0 Å². The number of rotatable bonds is 10. The number of nitrogens with one attached hydrogen (secondary N) is 2. The van der Waals surface area contributed by atoms with Crippen molar-refractivity contribution in [2.75, 3.05) is 26.7 Å². The van der Waals surface area contributed by atoms with Crippen LogP contribution in [0.15, 0.2) is 44.5 Å². The summed E-state index contributed by atoms with van der Waals surface area (Å²) in [5.41, 5.74) is 1.68. The van der Waals surface area contributed by atoms with Crippen LogP contribution >= 0.6 is 23.3 Å². The van der Waals surface area contributed by atoms with Gasteiger partial charge in [0.2, 0.25) is 0 Å². The van der Waals surface area contributed by atoms with Gasteiger partial charge >= 0.3 is 5.69 Å². The summed E-state index contributed by atoms with van der Waals surface area (Å²) in [6, 6.07) is 2.00. The number of likely N-dealkylation sites (tertiary alicyclic amines) is 1. The molecule has 36 heavy (non-hydrogen) atoms. The summed E-state index contributed by atoms with van der Waals surface area (Å²) in [6.07, 6.45) is 8.48. The largest absolute Gasteiger partial charge is 0.375 e. The molecular weight excluding hydrogens is 494 g/mol. The number of piperidine rings is 1. The van der Waals surface area contributed by atoms with Crippen LogP contribution in [-0.4, -0.2) is 56.0 Å². The molecule has 1 aliphatic heterocycles. The molecule has 0 bridgehead atoms. The molecule has 1 saturated carbocycles. The van der Waals surface area contributed by atoms with Crippen LogP contribution in [0.4, 0.5) is 0 Å². The highest BCUT2D eigenvalue weighted by atomic mass is 32.2. The third-order valence-corrected chi connectivity index (χ3v) is 9.60. The lowest BCUT2D eigenvalue weighted by Crippen LogP contribution is -2.44. The molecule has 11 heteroatoms. The van der Waals surface area contributed by atoms with E-state index in [2.05, 4.69) is 33.5 Å². The van der Waals surface area contributed by atoms with Crippen molar-refractivity contribution >= 4 is 33.5 Å². The zero-order valence-corrected chi connectivity index (χ0v) is 22.9. The van der Waals surface area contributed by atoms with E-state index < -0.39 is 0 Å². The number of aromatic nitrogens is 4. The second kappa shape index (κ2) is 10.2. The zero-order valence-electron chi connectivity index (χ0n) is 21.2. The summed E-state index contributed by atoms with van der Waals surface area (Å²) in [7, 11) is 3.79. The number of aryl methyl sites for hydroxylation is 1. The van der Waals surface area contributed by atoms with Gasteiger partial charge in [0.25, 0.3) is 5.56 Å². The van der Waals surface area contributed by atoms with Gasteiger partial charge < -0.3 is 10.2 Å². The van der Waals surface area contributed by atoms with Crippen molar-refractivity contribution in [3.8, 4) is 0 Å². The van der Waals surface area contributed by atoms with E-state index in [0.29, 0.717) is 5.39 Å². The van der Waals surface area contributed by atoms with Crippen LogP contribution in [0.25, 0.3) is 10.2 Å². The smallest absolute Gasteiger partial charge is 0.332 e. The summed E-state index contributed by atoms with van der Waals surface area (Å²) in [5, 5.41) is 8.02. The molecule has 1 saturated heterocycles. The maximum absolute atomic E-state index is 13.9. The highest BCUT2D eigenvalue weighted by molar-refractivity contribution is 7.99. The Morgan fingerprint density at radius 2 is 2.06 bits per heavy atom. The van der Waals surface area contributed by atoms with Crippen LogP contribution in [0.5, 0.6) is 0 Å². The maximum Gasteiger partial charge on any atom is 0.332 e. The van der Waals surface area contributed by atoms with E-state index in [9.17, 15) is 9.59 Å². The molecule has 0 amide bonds. The van der Waals surface area contributed by atoms with Gasteiger partial charge in [-0.25, -0.2) is 4.79 Å². The first-order valence-corrected chi connectivity index (χ1v) is 14.2. The standard InChI is InChI=1S/C25H35N7O2S2/c1-17(5-10-26-3)30-11-6-19(7-12-30)32-23-20(13-21(35-23)36-28-25(2)8-9-25)22(33)31(24(32)34)16-18-14-27-29(4)15-18/h13-15,19,26,28H,1,5-12,16H2,2-4H3. The summed E-state index contributed by atoms with van der Waals surface area (Å²) in [4.78, 5) is 30.5. The summed E-state index contributed by atoms with van der Waals surface area (Å²) >= 11 is 3.12.